The molecule has 0 atom stereocenters. The van der Waals surface area contributed by atoms with Gasteiger partial charge in [-0.05, 0) is 54.6 Å². The number of halogens is 2. The predicted molar refractivity (Wildman–Crippen MR) is 105 cm³/mol. The fourth-order valence-corrected chi connectivity index (χ4v) is 3.65. The molecule has 1 aliphatic heterocycles. The first-order chi connectivity index (χ1) is 12.1. The van der Waals surface area contributed by atoms with Crippen LogP contribution in [0.1, 0.15) is 12.5 Å². The maximum absolute atomic E-state index is 12.1. The third-order valence-corrected chi connectivity index (χ3v) is 4.72. The molecule has 0 spiro atoms. The fourth-order valence-electron chi connectivity index (χ4n) is 2.20. The molecule has 0 saturated carbocycles. The zero-order chi connectivity index (χ0) is 17.8. The Hall–Kier alpha value is -1.95. The molecule has 4 nitrogen and oxygen atoms in total. The molecular formula is C18H14Cl2N2O2S. The molecule has 0 aliphatic carbocycles. The summed E-state index contributed by atoms with van der Waals surface area (Å²) < 4.78 is 5.41. The van der Waals surface area contributed by atoms with E-state index in [-0.39, 0.29) is 5.91 Å². The molecule has 2 aromatic carbocycles. The smallest absolute Gasteiger partial charge is 0.264 e. The molecule has 0 unspecified atom stereocenters. The van der Waals surface area contributed by atoms with E-state index in [4.69, 9.17) is 27.9 Å². The van der Waals surface area contributed by atoms with E-state index >= 15 is 0 Å². The summed E-state index contributed by atoms with van der Waals surface area (Å²) in [5, 5.41) is 4.09. The van der Waals surface area contributed by atoms with Crippen LogP contribution in [0, 0.1) is 0 Å². The normalized spacial score (nSPS) is 17.2. The summed E-state index contributed by atoms with van der Waals surface area (Å²) in [5.41, 5.74) is 1.50. The molecule has 128 valence electrons. The van der Waals surface area contributed by atoms with E-state index in [0.717, 1.165) is 11.3 Å². The Balaban J connectivity index is 1.85. The van der Waals surface area contributed by atoms with Crippen LogP contribution >= 0.6 is 35.0 Å². The topological polar surface area (TPSA) is 50.7 Å². The molecule has 0 radical (unpaired) electrons. The lowest BCUT2D eigenvalue weighted by atomic mass is 10.2. The van der Waals surface area contributed by atoms with Crippen molar-refractivity contribution >= 4 is 57.8 Å². The van der Waals surface area contributed by atoms with Crippen LogP contribution in [0.3, 0.4) is 0 Å². The highest BCUT2D eigenvalue weighted by Gasteiger charge is 2.24. The standard InChI is InChI=1S/C18H14Cl2N2O2S/c1-2-24-16-13(19)8-11(9-14(16)20)10-15-17(23)22-18(25-15)21-12-6-4-3-5-7-12/h3-10H,2H2,1H3,(H,21,22,23)/b15-10-. The first kappa shape index (κ1) is 17.9. The van der Waals surface area contributed by atoms with Gasteiger partial charge >= 0.3 is 0 Å². The maximum Gasteiger partial charge on any atom is 0.264 e. The Labute approximate surface area is 159 Å². The number of hydrogen-bond donors (Lipinski definition) is 1. The number of nitrogens with zero attached hydrogens (tertiary/aromatic N) is 1. The van der Waals surface area contributed by atoms with E-state index in [1.165, 1.54) is 11.8 Å². The van der Waals surface area contributed by atoms with Crippen LogP contribution in [0.4, 0.5) is 5.69 Å². The number of amidine groups is 1. The minimum atomic E-state index is -0.208. The van der Waals surface area contributed by atoms with Gasteiger partial charge in [-0.1, -0.05) is 41.4 Å². The Morgan fingerprint density at radius 1 is 1.20 bits per heavy atom. The number of thioether (sulfide) groups is 1. The van der Waals surface area contributed by atoms with E-state index in [0.29, 0.717) is 32.5 Å². The van der Waals surface area contributed by atoms with Crippen molar-refractivity contribution < 1.29 is 9.53 Å². The Bertz CT molecular complexity index is 844. The predicted octanol–water partition coefficient (Wildman–Crippen LogP) is 5.28. The van der Waals surface area contributed by atoms with E-state index in [9.17, 15) is 4.79 Å². The molecule has 0 aromatic heterocycles. The van der Waals surface area contributed by atoms with Crippen molar-refractivity contribution in [3.8, 4) is 5.75 Å². The lowest BCUT2D eigenvalue weighted by Gasteiger charge is -2.08. The lowest BCUT2D eigenvalue weighted by Crippen LogP contribution is -2.19. The second-order valence-corrected chi connectivity index (χ2v) is 6.91. The van der Waals surface area contributed by atoms with Gasteiger partial charge in [-0.3, -0.25) is 4.79 Å². The highest BCUT2D eigenvalue weighted by atomic mass is 35.5. The fraction of sp³-hybridized carbons (Fsp3) is 0.111. The van der Waals surface area contributed by atoms with E-state index in [1.807, 2.05) is 37.3 Å². The van der Waals surface area contributed by atoms with E-state index in [2.05, 4.69) is 10.3 Å². The average molecular weight is 393 g/mol. The Kier molecular flexibility index (Phi) is 5.68. The Morgan fingerprint density at radius 2 is 1.88 bits per heavy atom. The van der Waals surface area contributed by atoms with Gasteiger partial charge in [-0.25, -0.2) is 4.99 Å². The molecule has 1 heterocycles. The summed E-state index contributed by atoms with van der Waals surface area (Å²) in [6.07, 6.45) is 1.72. The number of para-hydroxylation sites is 1. The van der Waals surface area contributed by atoms with Crippen LogP contribution in [0.5, 0.6) is 5.75 Å². The van der Waals surface area contributed by atoms with Crippen LogP contribution in [-0.2, 0) is 4.79 Å². The summed E-state index contributed by atoms with van der Waals surface area (Å²) in [4.78, 5) is 17.1. The summed E-state index contributed by atoms with van der Waals surface area (Å²) in [6, 6.07) is 12.9. The molecule has 3 rings (SSSR count). The SMILES string of the molecule is CCOc1c(Cl)cc(/C=C2\SC(=Nc3ccccc3)NC2=O)cc1Cl. The first-order valence-electron chi connectivity index (χ1n) is 7.53. The number of carbonyl (C=O) groups excluding carboxylic acids is 1. The van der Waals surface area contributed by atoms with Gasteiger partial charge in [0.1, 0.15) is 0 Å². The number of carbonyl (C=O) groups is 1. The minimum Gasteiger partial charge on any atom is -0.491 e. The van der Waals surface area contributed by atoms with Crippen LogP contribution < -0.4 is 10.1 Å². The second kappa shape index (κ2) is 7.95. The molecule has 25 heavy (non-hydrogen) atoms. The van der Waals surface area contributed by atoms with Gasteiger partial charge in [-0.2, -0.15) is 0 Å². The van der Waals surface area contributed by atoms with Crippen LogP contribution in [0.25, 0.3) is 6.08 Å². The molecule has 1 amide bonds. The van der Waals surface area contributed by atoms with Gasteiger partial charge in [-0.15, -0.1) is 0 Å². The van der Waals surface area contributed by atoms with Crippen molar-refractivity contribution in [1.82, 2.24) is 5.32 Å². The molecule has 1 aliphatic rings. The quantitative estimate of drug-likeness (QED) is 0.719. The number of aliphatic imine (C=N–C) groups is 1. The van der Waals surface area contributed by atoms with E-state index in [1.54, 1.807) is 18.2 Å². The minimum absolute atomic E-state index is 0.208. The lowest BCUT2D eigenvalue weighted by molar-refractivity contribution is -0.115. The van der Waals surface area contributed by atoms with Crippen molar-refractivity contribution in [2.75, 3.05) is 6.61 Å². The number of nitrogens with one attached hydrogen (secondary N) is 1. The third-order valence-electron chi connectivity index (χ3n) is 3.24. The molecule has 1 N–H and O–H groups in total. The second-order valence-electron chi connectivity index (χ2n) is 5.06. The van der Waals surface area contributed by atoms with Crippen molar-refractivity contribution in [3.05, 3.63) is 63.0 Å². The largest absolute Gasteiger partial charge is 0.491 e. The van der Waals surface area contributed by atoms with Gasteiger partial charge in [0.15, 0.2) is 10.9 Å². The number of ether oxygens (including phenoxy) is 1. The summed E-state index contributed by atoms with van der Waals surface area (Å²) >= 11 is 13.7. The van der Waals surface area contributed by atoms with E-state index < -0.39 is 0 Å². The average Bonchev–Trinajstić information content (AvgIpc) is 2.91. The molecule has 1 saturated heterocycles. The summed E-state index contributed by atoms with van der Waals surface area (Å²) in [6.45, 7) is 2.33. The van der Waals surface area contributed by atoms with Crippen LogP contribution in [0.2, 0.25) is 10.0 Å². The van der Waals surface area contributed by atoms with Gasteiger partial charge in [0.25, 0.3) is 5.91 Å². The van der Waals surface area contributed by atoms with Gasteiger partial charge in [0, 0.05) is 0 Å². The van der Waals surface area contributed by atoms with Crippen molar-refractivity contribution in [2.24, 2.45) is 4.99 Å². The van der Waals surface area contributed by atoms with Crippen molar-refractivity contribution in [2.45, 2.75) is 6.92 Å². The monoisotopic (exact) mass is 392 g/mol. The van der Waals surface area contributed by atoms with Gasteiger partial charge in [0.2, 0.25) is 0 Å². The zero-order valence-corrected chi connectivity index (χ0v) is 15.6. The third kappa shape index (κ3) is 4.37. The molecular weight excluding hydrogens is 379 g/mol. The van der Waals surface area contributed by atoms with Crippen LogP contribution in [0.15, 0.2) is 52.4 Å². The highest BCUT2D eigenvalue weighted by molar-refractivity contribution is 8.18. The van der Waals surface area contributed by atoms with Crippen molar-refractivity contribution in [3.63, 3.8) is 0 Å². The number of rotatable bonds is 4. The van der Waals surface area contributed by atoms with Gasteiger partial charge in [0.05, 0.1) is 27.2 Å². The summed E-state index contributed by atoms with van der Waals surface area (Å²) in [5.74, 6) is 0.239. The highest BCUT2D eigenvalue weighted by Crippen LogP contribution is 2.36. The Morgan fingerprint density at radius 3 is 2.52 bits per heavy atom. The molecule has 0 bridgehead atoms. The molecule has 7 heteroatoms. The first-order valence-corrected chi connectivity index (χ1v) is 9.10. The number of amides is 1. The molecule has 1 fully saturated rings. The van der Waals surface area contributed by atoms with Crippen LogP contribution in [-0.4, -0.2) is 17.7 Å². The number of hydrogen-bond acceptors (Lipinski definition) is 4. The maximum atomic E-state index is 12.1. The van der Waals surface area contributed by atoms with Crippen molar-refractivity contribution in [1.29, 1.82) is 0 Å². The number of benzene rings is 2. The zero-order valence-electron chi connectivity index (χ0n) is 13.3. The molecule has 2 aromatic rings. The summed E-state index contributed by atoms with van der Waals surface area (Å²) in [7, 11) is 0. The van der Waals surface area contributed by atoms with Gasteiger partial charge < -0.3 is 10.1 Å².